The number of halogens is 2. The maximum absolute atomic E-state index is 12.2. The van der Waals surface area contributed by atoms with E-state index in [0.717, 1.165) is 6.42 Å². The number of carbonyl (C=O) groups excluding carboxylic acids is 1. The van der Waals surface area contributed by atoms with Gasteiger partial charge in [0, 0.05) is 26.1 Å². The van der Waals surface area contributed by atoms with Crippen LogP contribution < -0.4 is 0 Å². The van der Waals surface area contributed by atoms with Crippen molar-refractivity contribution in [2.24, 2.45) is 5.92 Å². The second-order valence-corrected chi connectivity index (χ2v) is 4.98. The molecule has 1 unspecified atom stereocenters. The van der Waals surface area contributed by atoms with Crippen LogP contribution in [0.15, 0.2) is 6.07 Å². The van der Waals surface area contributed by atoms with Gasteiger partial charge in [-0.3, -0.25) is 4.79 Å². The molecule has 1 aromatic rings. The topological polar surface area (TPSA) is 55.3 Å². The maximum Gasteiger partial charge on any atom is 0.257 e. The first-order valence-electron chi connectivity index (χ1n) is 5.58. The van der Waals surface area contributed by atoms with Crippen LogP contribution in [0.3, 0.4) is 0 Å². The van der Waals surface area contributed by atoms with Crippen molar-refractivity contribution in [3.63, 3.8) is 0 Å². The van der Waals surface area contributed by atoms with Crippen molar-refractivity contribution in [3.8, 4) is 0 Å². The summed E-state index contributed by atoms with van der Waals surface area (Å²) in [6.07, 6.45) is 0.934. The SMILES string of the molecule is COCC1CCN(C(=O)c2cc(Cl)nnc2Cl)C1. The number of amides is 1. The van der Waals surface area contributed by atoms with Gasteiger partial charge in [0.05, 0.1) is 12.2 Å². The van der Waals surface area contributed by atoms with E-state index >= 15 is 0 Å². The second kappa shape index (κ2) is 5.82. The van der Waals surface area contributed by atoms with Crippen molar-refractivity contribution in [2.75, 3.05) is 26.8 Å². The van der Waals surface area contributed by atoms with Crippen LogP contribution in [-0.2, 0) is 4.74 Å². The van der Waals surface area contributed by atoms with E-state index < -0.39 is 0 Å². The van der Waals surface area contributed by atoms with Crippen molar-refractivity contribution in [3.05, 3.63) is 21.9 Å². The zero-order valence-electron chi connectivity index (χ0n) is 9.90. The number of aromatic nitrogens is 2. The summed E-state index contributed by atoms with van der Waals surface area (Å²) < 4.78 is 5.09. The Morgan fingerprint density at radius 1 is 1.56 bits per heavy atom. The van der Waals surface area contributed by atoms with Gasteiger partial charge in [0.15, 0.2) is 10.3 Å². The van der Waals surface area contributed by atoms with E-state index in [9.17, 15) is 4.79 Å². The Morgan fingerprint density at radius 3 is 3.06 bits per heavy atom. The molecular weight excluding hydrogens is 277 g/mol. The standard InChI is InChI=1S/C11H13Cl2N3O2/c1-18-6-7-2-3-16(5-7)11(17)8-4-9(12)14-15-10(8)13/h4,7H,2-3,5-6H2,1H3. The summed E-state index contributed by atoms with van der Waals surface area (Å²) >= 11 is 11.6. The van der Waals surface area contributed by atoms with Crippen molar-refractivity contribution < 1.29 is 9.53 Å². The normalized spacial score (nSPS) is 19.3. The van der Waals surface area contributed by atoms with E-state index in [4.69, 9.17) is 27.9 Å². The Kier molecular flexibility index (Phi) is 4.37. The minimum Gasteiger partial charge on any atom is -0.384 e. The highest BCUT2D eigenvalue weighted by molar-refractivity contribution is 6.34. The smallest absolute Gasteiger partial charge is 0.257 e. The number of likely N-dealkylation sites (tertiary alicyclic amines) is 1. The van der Waals surface area contributed by atoms with Crippen LogP contribution in [0, 0.1) is 5.92 Å². The maximum atomic E-state index is 12.2. The number of ether oxygens (including phenoxy) is 1. The fourth-order valence-electron chi connectivity index (χ4n) is 2.06. The third-order valence-electron chi connectivity index (χ3n) is 2.92. The fraction of sp³-hybridized carbons (Fsp3) is 0.545. The molecule has 2 rings (SSSR count). The molecule has 0 aliphatic carbocycles. The minimum atomic E-state index is -0.157. The van der Waals surface area contributed by atoms with Gasteiger partial charge in [0.2, 0.25) is 0 Å². The van der Waals surface area contributed by atoms with Gasteiger partial charge in [0.1, 0.15) is 0 Å². The van der Waals surface area contributed by atoms with Crippen molar-refractivity contribution in [1.29, 1.82) is 0 Å². The van der Waals surface area contributed by atoms with E-state index in [2.05, 4.69) is 10.2 Å². The number of carbonyl (C=O) groups is 1. The van der Waals surface area contributed by atoms with Crippen LogP contribution in [0.25, 0.3) is 0 Å². The molecule has 0 saturated carbocycles. The molecule has 98 valence electrons. The Hall–Kier alpha value is -0.910. The van der Waals surface area contributed by atoms with Crippen LogP contribution in [0.4, 0.5) is 0 Å². The first-order chi connectivity index (χ1) is 8.61. The average molecular weight is 290 g/mol. The Balaban J connectivity index is 2.10. The Morgan fingerprint density at radius 2 is 2.33 bits per heavy atom. The molecule has 0 aromatic carbocycles. The highest BCUT2D eigenvalue weighted by atomic mass is 35.5. The second-order valence-electron chi connectivity index (χ2n) is 4.23. The summed E-state index contributed by atoms with van der Waals surface area (Å²) in [4.78, 5) is 14.0. The van der Waals surface area contributed by atoms with Crippen LogP contribution in [0.1, 0.15) is 16.8 Å². The summed E-state index contributed by atoms with van der Waals surface area (Å²) in [5, 5.41) is 7.47. The molecule has 1 aromatic heterocycles. The van der Waals surface area contributed by atoms with Crippen molar-refractivity contribution >= 4 is 29.1 Å². The number of hydrogen-bond donors (Lipinski definition) is 0. The Labute approximate surface area is 115 Å². The number of rotatable bonds is 3. The number of methoxy groups -OCH3 is 1. The lowest BCUT2D eigenvalue weighted by Gasteiger charge is -2.16. The molecule has 5 nitrogen and oxygen atoms in total. The van der Waals surface area contributed by atoms with E-state index in [1.807, 2.05) is 0 Å². The summed E-state index contributed by atoms with van der Waals surface area (Å²) in [6.45, 7) is 2.03. The fourth-order valence-corrected chi connectivity index (χ4v) is 2.38. The van der Waals surface area contributed by atoms with Crippen LogP contribution in [0.5, 0.6) is 0 Å². The third kappa shape index (κ3) is 2.91. The van der Waals surface area contributed by atoms with Gasteiger partial charge in [-0.15, -0.1) is 10.2 Å². The molecule has 0 N–H and O–H groups in total. The van der Waals surface area contributed by atoms with Crippen LogP contribution in [0.2, 0.25) is 10.3 Å². The Bertz CT molecular complexity index is 456. The van der Waals surface area contributed by atoms with E-state index in [0.29, 0.717) is 31.2 Å². The lowest BCUT2D eigenvalue weighted by molar-refractivity contribution is 0.0775. The van der Waals surface area contributed by atoms with Crippen molar-refractivity contribution in [2.45, 2.75) is 6.42 Å². The summed E-state index contributed by atoms with van der Waals surface area (Å²) in [7, 11) is 1.66. The molecule has 18 heavy (non-hydrogen) atoms. The monoisotopic (exact) mass is 289 g/mol. The highest BCUT2D eigenvalue weighted by Gasteiger charge is 2.28. The lowest BCUT2D eigenvalue weighted by Crippen LogP contribution is -2.29. The first kappa shape index (κ1) is 13.5. The zero-order chi connectivity index (χ0) is 13.1. The zero-order valence-corrected chi connectivity index (χ0v) is 11.4. The van der Waals surface area contributed by atoms with Gasteiger partial charge in [0.25, 0.3) is 5.91 Å². The van der Waals surface area contributed by atoms with Gasteiger partial charge in [-0.1, -0.05) is 23.2 Å². The van der Waals surface area contributed by atoms with Gasteiger partial charge < -0.3 is 9.64 Å². The van der Waals surface area contributed by atoms with Crippen LogP contribution in [-0.4, -0.2) is 47.8 Å². The summed E-state index contributed by atoms with van der Waals surface area (Å²) in [5.74, 6) is 0.221. The molecule has 1 amide bonds. The molecule has 0 spiro atoms. The molecule has 1 fully saturated rings. The molecule has 2 heterocycles. The van der Waals surface area contributed by atoms with Gasteiger partial charge in [-0.05, 0) is 12.5 Å². The molecule has 0 bridgehead atoms. The predicted molar refractivity (Wildman–Crippen MR) is 67.9 cm³/mol. The van der Waals surface area contributed by atoms with E-state index in [1.165, 1.54) is 6.07 Å². The molecular formula is C11H13Cl2N3O2. The van der Waals surface area contributed by atoms with Crippen LogP contribution >= 0.6 is 23.2 Å². The van der Waals surface area contributed by atoms with E-state index in [-0.39, 0.29) is 16.2 Å². The van der Waals surface area contributed by atoms with Crippen molar-refractivity contribution in [1.82, 2.24) is 15.1 Å². The molecule has 1 aliphatic heterocycles. The van der Waals surface area contributed by atoms with Gasteiger partial charge in [-0.25, -0.2) is 0 Å². The molecule has 0 radical (unpaired) electrons. The highest BCUT2D eigenvalue weighted by Crippen LogP contribution is 2.22. The number of nitrogens with zero attached hydrogens (tertiary/aromatic N) is 3. The van der Waals surface area contributed by atoms with E-state index in [1.54, 1.807) is 12.0 Å². The molecule has 1 aliphatic rings. The third-order valence-corrected chi connectivity index (χ3v) is 3.39. The predicted octanol–water partition coefficient (Wildman–Crippen LogP) is 1.89. The average Bonchev–Trinajstić information content (AvgIpc) is 2.80. The van der Waals surface area contributed by atoms with Gasteiger partial charge in [-0.2, -0.15) is 0 Å². The number of hydrogen-bond acceptors (Lipinski definition) is 4. The largest absolute Gasteiger partial charge is 0.384 e. The quantitative estimate of drug-likeness (QED) is 0.853. The first-order valence-corrected chi connectivity index (χ1v) is 6.34. The van der Waals surface area contributed by atoms with Gasteiger partial charge >= 0.3 is 0 Å². The minimum absolute atomic E-state index is 0.0830. The lowest BCUT2D eigenvalue weighted by atomic mass is 10.1. The summed E-state index contributed by atoms with van der Waals surface area (Å²) in [5.41, 5.74) is 0.301. The molecule has 1 saturated heterocycles. The summed E-state index contributed by atoms with van der Waals surface area (Å²) in [6, 6.07) is 1.45. The molecule has 7 heteroatoms. The molecule has 1 atom stereocenters.